The predicted octanol–water partition coefficient (Wildman–Crippen LogP) is 17.0. The van der Waals surface area contributed by atoms with Gasteiger partial charge in [-0.1, -0.05) is 149 Å². The number of benzene rings is 3. The Morgan fingerprint density at radius 2 is 0.750 bits per heavy atom. The van der Waals surface area contributed by atoms with Crippen LogP contribution in [0.3, 0.4) is 0 Å². The molecule has 21 heteroatoms. The molecule has 5 amide bonds. The van der Waals surface area contributed by atoms with Crippen molar-refractivity contribution in [1.29, 1.82) is 0 Å². The van der Waals surface area contributed by atoms with Crippen molar-refractivity contribution in [3.63, 3.8) is 0 Å². The Morgan fingerprint density at radius 1 is 0.427 bits per heavy atom. The molecule has 3 atom stereocenters. The van der Waals surface area contributed by atoms with E-state index < -0.39 is 41.3 Å². The van der Waals surface area contributed by atoms with Gasteiger partial charge in [-0.2, -0.15) is 0 Å². The maximum absolute atomic E-state index is 13.7. The third-order valence-corrected chi connectivity index (χ3v) is 22.4. The number of ether oxygens (including phenoxy) is 3. The van der Waals surface area contributed by atoms with E-state index in [0.717, 1.165) is 115 Å². The third-order valence-electron chi connectivity index (χ3n) is 18.9. The number of methoxy groups -OCH3 is 1. The standard InChI is InChI=1S/C27H34N2O5S.C26H32N2O5S.C22H25NO3S/c1-27(2,3)34-26(32)28-16-21(18-11-7-5-8-12-18)29(23(30)17-28)20-15-22(19-13-9-6-10-14-19)35-24(20)25(31)33-4;1-26(2,3)33-25(32)27-15-20(17-10-6-4-7-11-17)28(22(29)16-27)19-14-21(34-23(19)24(30)31)18-12-8-5-9-13-18;24-20-13-7-12-17(15-8-3-1-4-9-15)23(20)18-14-19(27-21(18)22(25)26)16-10-5-2-6-11-16/h6,9-10,13-15,18,21H,5,7-8,11-12,16-17H2,1-4H3;5,8-9,12-14,17,20H,4,6-7,10-11,15-16H2,1-3H3,(H,30,31);2,5-6,10-11,14-15,17H,1,3-4,7-9,12-13H2,(H,25,26)/t21-;20-;17-/m000/s1. The van der Waals surface area contributed by atoms with E-state index in [0.29, 0.717) is 47.4 Å². The predicted molar refractivity (Wildman–Crippen MR) is 378 cm³/mol. The van der Waals surface area contributed by atoms with Crippen LogP contribution in [0.5, 0.6) is 0 Å². The molecule has 0 bridgehead atoms. The van der Waals surface area contributed by atoms with Crippen LogP contribution in [0, 0.1) is 17.8 Å². The lowest BCUT2D eigenvalue weighted by Gasteiger charge is -2.45. The van der Waals surface area contributed by atoms with Crippen molar-refractivity contribution in [3.8, 4) is 31.3 Å². The average Bonchev–Trinajstić information content (AvgIpc) is 1.54. The summed E-state index contributed by atoms with van der Waals surface area (Å²) in [6.45, 7) is 11.4. The Labute approximate surface area is 575 Å². The number of piperazine rings is 2. The van der Waals surface area contributed by atoms with Crippen molar-refractivity contribution in [3.05, 3.63) is 124 Å². The number of aromatic carboxylic acids is 2. The Balaban J connectivity index is 0.000000158. The van der Waals surface area contributed by atoms with Gasteiger partial charge in [0.05, 0.1) is 36.3 Å². The highest BCUT2D eigenvalue weighted by Gasteiger charge is 2.46. The monoisotopic (exact) mass is 1370 g/mol. The van der Waals surface area contributed by atoms with Gasteiger partial charge in [0.1, 0.15) is 38.9 Å². The zero-order valence-corrected chi connectivity index (χ0v) is 58.7. The molecule has 2 N–H and O–H groups in total. The van der Waals surface area contributed by atoms with Gasteiger partial charge in [-0.15, -0.1) is 34.0 Å². The van der Waals surface area contributed by atoms with Crippen LogP contribution in [-0.2, 0) is 28.6 Å². The molecule has 512 valence electrons. The van der Waals surface area contributed by atoms with Crippen molar-refractivity contribution < 1.29 is 62.8 Å². The number of hydrogen-bond donors (Lipinski definition) is 2. The van der Waals surface area contributed by atoms with Gasteiger partial charge in [-0.05, 0) is 146 Å². The van der Waals surface area contributed by atoms with E-state index in [4.69, 9.17) is 14.2 Å². The Bertz CT molecular complexity index is 3710. The Morgan fingerprint density at radius 3 is 1.08 bits per heavy atom. The first-order chi connectivity index (χ1) is 46.0. The van der Waals surface area contributed by atoms with Crippen molar-refractivity contribution in [2.45, 2.75) is 186 Å². The molecule has 0 radical (unpaired) electrons. The van der Waals surface area contributed by atoms with Crippen LogP contribution in [0.2, 0.25) is 0 Å². The number of rotatable bonds is 12. The fourth-order valence-corrected chi connectivity index (χ4v) is 17.6. The van der Waals surface area contributed by atoms with Gasteiger partial charge in [0.2, 0.25) is 17.7 Å². The van der Waals surface area contributed by atoms with E-state index in [1.54, 1.807) is 30.6 Å². The SMILES string of the molecule is CC(C)(C)OC(=O)N1CC(=O)N(c2cc(-c3ccccc3)sc2C(=O)O)[C@H](C2CCCCC2)C1.COC(=O)c1sc(-c2ccccc2)cc1N1C(=O)CN(C(=O)OC(C)(C)C)C[C@H]1C1CCCCC1.O=C(O)c1sc(-c2ccccc2)cc1N1C(=O)CCC[C@H]1C1CCCCC1. The van der Waals surface area contributed by atoms with Gasteiger partial charge in [-0.3, -0.25) is 24.2 Å². The zero-order chi connectivity index (χ0) is 68.4. The number of anilines is 3. The quantitative estimate of drug-likeness (QED) is 0.0861. The highest BCUT2D eigenvalue weighted by Crippen LogP contribution is 2.46. The van der Waals surface area contributed by atoms with Gasteiger partial charge < -0.3 is 39.1 Å². The van der Waals surface area contributed by atoms with E-state index in [2.05, 4.69) is 0 Å². The van der Waals surface area contributed by atoms with E-state index in [1.165, 1.54) is 76.6 Å². The smallest absolute Gasteiger partial charge is 0.410 e. The summed E-state index contributed by atoms with van der Waals surface area (Å²) in [6, 6.07) is 34.5. The molecule has 3 aromatic carbocycles. The van der Waals surface area contributed by atoms with E-state index in [1.807, 2.05) is 135 Å². The fraction of sp³-hybridized carbons (Fsp3) is 0.493. The minimum atomic E-state index is -1.05. The molecule has 12 rings (SSSR count). The molecule has 6 aliphatic rings. The summed E-state index contributed by atoms with van der Waals surface area (Å²) in [5.74, 6) is -1.93. The second kappa shape index (κ2) is 31.5. The number of thiophene rings is 3. The summed E-state index contributed by atoms with van der Waals surface area (Å²) in [4.78, 5) is 115. The minimum Gasteiger partial charge on any atom is -0.477 e. The molecule has 3 aliphatic carbocycles. The van der Waals surface area contributed by atoms with Gasteiger partial charge in [0.25, 0.3) is 0 Å². The van der Waals surface area contributed by atoms with E-state index in [-0.39, 0.29) is 70.5 Å². The molecule has 6 heterocycles. The van der Waals surface area contributed by atoms with Crippen LogP contribution in [-0.4, -0.2) is 130 Å². The molecule has 3 aliphatic heterocycles. The summed E-state index contributed by atoms with van der Waals surface area (Å²) >= 11 is 3.78. The number of amides is 5. The maximum atomic E-state index is 13.7. The molecule has 6 aromatic rings. The zero-order valence-electron chi connectivity index (χ0n) is 56.3. The summed E-state index contributed by atoms with van der Waals surface area (Å²) in [5.41, 5.74) is 3.19. The first-order valence-electron chi connectivity index (χ1n) is 34.0. The molecule has 96 heavy (non-hydrogen) atoms. The van der Waals surface area contributed by atoms with Gasteiger partial charge in [0, 0.05) is 40.2 Å². The number of piperidine rings is 1. The summed E-state index contributed by atoms with van der Waals surface area (Å²) in [7, 11) is 1.36. The van der Waals surface area contributed by atoms with Crippen LogP contribution in [0.4, 0.5) is 26.7 Å². The highest BCUT2D eigenvalue weighted by atomic mass is 32.1. The number of carbonyl (C=O) groups is 8. The summed E-state index contributed by atoms with van der Waals surface area (Å²) < 4.78 is 16.2. The van der Waals surface area contributed by atoms with E-state index in [9.17, 15) is 48.6 Å². The minimum absolute atomic E-state index is 0.0803. The second-order valence-electron chi connectivity index (χ2n) is 28.0. The maximum Gasteiger partial charge on any atom is 0.410 e. The summed E-state index contributed by atoms with van der Waals surface area (Å²) in [5, 5.41) is 19.8. The number of carboxylic acid groups (broad SMARTS) is 2. The molecule has 3 saturated carbocycles. The molecule has 0 unspecified atom stereocenters. The van der Waals surface area contributed by atoms with Crippen molar-refractivity contribution in [1.82, 2.24) is 9.80 Å². The lowest BCUT2D eigenvalue weighted by molar-refractivity contribution is -0.123. The molecule has 3 saturated heterocycles. The average molecular weight is 1370 g/mol. The van der Waals surface area contributed by atoms with Crippen LogP contribution in [0.1, 0.15) is 186 Å². The van der Waals surface area contributed by atoms with Crippen LogP contribution >= 0.6 is 34.0 Å². The highest BCUT2D eigenvalue weighted by molar-refractivity contribution is 7.18. The van der Waals surface area contributed by atoms with Crippen molar-refractivity contribution in [2.75, 3.05) is 48.0 Å². The van der Waals surface area contributed by atoms with Crippen molar-refractivity contribution in [2.24, 2.45) is 17.8 Å². The topological polar surface area (TPSA) is 221 Å². The summed E-state index contributed by atoms with van der Waals surface area (Å²) in [6.07, 6.45) is 18.0. The fourth-order valence-electron chi connectivity index (χ4n) is 14.5. The van der Waals surface area contributed by atoms with Crippen LogP contribution < -0.4 is 14.7 Å². The first kappa shape index (κ1) is 70.9. The van der Waals surface area contributed by atoms with Crippen LogP contribution in [0.25, 0.3) is 31.3 Å². The Kier molecular flexibility index (Phi) is 23.3. The molecule has 18 nitrogen and oxygen atoms in total. The van der Waals surface area contributed by atoms with Crippen molar-refractivity contribution >= 4 is 98.9 Å². The van der Waals surface area contributed by atoms with E-state index >= 15 is 0 Å². The first-order valence-corrected chi connectivity index (χ1v) is 36.5. The number of carbonyl (C=O) groups excluding carboxylic acids is 6. The number of esters is 1. The molecular formula is C75H91N5O13S3. The molecule has 6 fully saturated rings. The number of nitrogens with zero attached hydrogens (tertiary/aromatic N) is 5. The Hall–Kier alpha value is -7.88. The normalized spacial score (nSPS) is 20.2. The van der Waals surface area contributed by atoms with Gasteiger partial charge in [0.15, 0.2) is 0 Å². The molecular weight excluding hydrogens is 1280 g/mol. The molecule has 3 aromatic heterocycles. The largest absolute Gasteiger partial charge is 0.477 e. The number of carboxylic acids is 2. The third kappa shape index (κ3) is 17.3. The number of hydrogen-bond acceptors (Lipinski definition) is 14. The lowest BCUT2D eigenvalue weighted by Crippen LogP contribution is -2.61. The van der Waals surface area contributed by atoms with Crippen LogP contribution in [0.15, 0.2) is 109 Å². The second-order valence-corrected chi connectivity index (χ2v) is 31.1. The van der Waals surface area contributed by atoms with Gasteiger partial charge >= 0.3 is 30.1 Å². The van der Waals surface area contributed by atoms with Gasteiger partial charge in [-0.25, -0.2) is 24.0 Å². The molecule has 0 spiro atoms. The lowest BCUT2D eigenvalue weighted by atomic mass is 9.79.